The van der Waals surface area contributed by atoms with E-state index >= 15 is 0 Å². The Morgan fingerprint density at radius 1 is 1.45 bits per heavy atom. The molecule has 1 aromatic rings. The zero-order valence-electron chi connectivity index (χ0n) is 12.2. The lowest BCUT2D eigenvalue weighted by Gasteiger charge is -2.47. The molecule has 0 bridgehead atoms. The quantitative estimate of drug-likeness (QED) is 0.444. The molecule has 1 aliphatic rings. The van der Waals surface area contributed by atoms with Crippen LogP contribution in [0.5, 0.6) is 0 Å². The number of hydrogen-bond acceptors (Lipinski definition) is 3. The Labute approximate surface area is 134 Å². The molecule has 0 aliphatic carbocycles. The molecule has 20 heavy (non-hydrogen) atoms. The molecule has 1 heterocycles. The van der Waals surface area contributed by atoms with Crippen molar-refractivity contribution in [2.75, 3.05) is 20.1 Å². The van der Waals surface area contributed by atoms with E-state index in [1.807, 2.05) is 35.2 Å². The summed E-state index contributed by atoms with van der Waals surface area (Å²) in [6.07, 6.45) is -0.231. The number of amides is 1. The number of piperazine rings is 1. The molecule has 4 nitrogen and oxygen atoms in total. The second-order valence-corrected chi connectivity index (χ2v) is 7.88. The summed E-state index contributed by atoms with van der Waals surface area (Å²) in [5, 5.41) is 0. The number of alkyl halides is 1. The fourth-order valence-corrected chi connectivity index (χ4v) is 3.28. The molecular formula is C15H21IN2O2. The summed E-state index contributed by atoms with van der Waals surface area (Å²) in [7, 11) is 2.09. The number of carbonyl (C=O) groups excluding carboxylic acids is 1. The van der Waals surface area contributed by atoms with Crippen LogP contribution in [0.3, 0.4) is 0 Å². The van der Waals surface area contributed by atoms with Gasteiger partial charge in [-0.25, -0.2) is 4.79 Å². The van der Waals surface area contributed by atoms with Gasteiger partial charge in [-0.15, -0.1) is 0 Å². The molecule has 2 rings (SSSR count). The molecule has 0 saturated carbocycles. The van der Waals surface area contributed by atoms with Gasteiger partial charge in [-0.1, -0.05) is 52.9 Å². The average Bonchev–Trinajstić information content (AvgIpc) is 2.41. The van der Waals surface area contributed by atoms with E-state index in [1.54, 1.807) is 0 Å². The highest BCUT2D eigenvalue weighted by molar-refractivity contribution is 14.1. The lowest BCUT2D eigenvalue weighted by atomic mass is 10.1. The van der Waals surface area contributed by atoms with Crippen LogP contribution in [0.4, 0.5) is 4.79 Å². The van der Waals surface area contributed by atoms with Crippen molar-refractivity contribution in [2.45, 2.75) is 30.0 Å². The summed E-state index contributed by atoms with van der Waals surface area (Å²) in [4.78, 5) is 16.4. The Morgan fingerprint density at radius 2 is 2.10 bits per heavy atom. The lowest BCUT2D eigenvalue weighted by Crippen LogP contribution is -2.61. The van der Waals surface area contributed by atoms with Crippen LogP contribution in [0.2, 0.25) is 0 Å². The molecule has 1 fully saturated rings. The van der Waals surface area contributed by atoms with Gasteiger partial charge in [0.15, 0.2) is 0 Å². The molecule has 1 aliphatic heterocycles. The van der Waals surface area contributed by atoms with Gasteiger partial charge in [0.1, 0.15) is 10.2 Å². The topological polar surface area (TPSA) is 32.8 Å². The number of hydrogen-bond donors (Lipinski definition) is 0. The molecule has 1 aromatic carbocycles. The second kappa shape index (κ2) is 6.30. The van der Waals surface area contributed by atoms with E-state index in [-0.39, 0.29) is 9.64 Å². The number of nitrogens with zero attached hydrogens (tertiary/aromatic N) is 2. The highest BCUT2D eigenvalue weighted by atomic mass is 127. The van der Waals surface area contributed by atoms with Gasteiger partial charge in [-0.3, -0.25) is 9.80 Å². The first kappa shape index (κ1) is 15.6. The number of likely N-dealkylation sites (N-methyl/N-ethyl adjacent to an activating group) is 1. The van der Waals surface area contributed by atoms with Crippen LogP contribution in [-0.4, -0.2) is 45.6 Å². The molecule has 0 aromatic heterocycles. The Bertz CT molecular complexity index is 464. The van der Waals surface area contributed by atoms with Crippen LogP contribution >= 0.6 is 22.6 Å². The monoisotopic (exact) mass is 388 g/mol. The van der Waals surface area contributed by atoms with E-state index in [0.29, 0.717) is 19.2 Å². The molecule has 0 N–H and O–H groups in total. The minimum atomic E-state index is -0.231. The third-order valence-electron chi connectivity index (χ3n) is 3.73. The molecule has 110 valence electrons. The van der Waals surface area contributed by atoms with Crippen LogP contribution in [-0.2, 0) is 11.3 Å². The molecule has 0 spiro atoms. The summed E-state index contributed by atoms with van der Waals surface area (Å²) in [5.41, 5.74) is 1.01. The van der Waals surface area contributed by atoms with Gasteiger partial charge in [0.2, 0.25) is 0 Å². The maximum absolute atomic E-state index is 12.3. The predicted octanol–water partition coefficient (Wildman–Crippen LogP) is 3.11. The third kappa shape index (κ3) is 3.63. The highest BCUT2D eigenvalue weighted by Gasteiger charge is 2.40. The number of ether oxygens (including phenoxy) is 1. The first-order chi connectivity index (χ1) is 9.40. The van der Waals surface area contributed by atoms with Crippen LogP contribution in [0.1, 0.15) is 19.4 Å². The number of rotatable bonds is 2. The minimum Gasteiger partial charge on any atom is -0.445 e. The van der Waals surface area contributed by atoms with Crippen molar-refractivity contribution in [2.24, 2.45) is 0 Å². The van der Waals surface area contributed by atoms with Gasteiger partial charge < -0.3 is 4.74 Å². The summed E-state index contributed by atoms with van der Waals surface area (Å²) in [5.74, 6) is 0. The molecular weight excluding hydrogens is 367 g/mol. The highest BCUT2D eigenvalue weighted by Crippen LogP contribution is 2.30. The normalized spacial score (nSPS) is 27.4. The Balaban J connectivity index is 1.97. The zero-order valence-corrected chi connectivity index (χ0v) is 14.3. The fraction of sp³-hybridized carbons (Fsp3) is 0.533. The van der Waals surface area contributed by atoms with Crippen LogP contribution in [0.15, 0.2) is 30.3 Å². The van der Waals surface area contributed by atoms with Gasteiger partial charge in [0.05, 0.1) is 0 Å². The smallest absolute Gasteiger partial charge is 0.411 e. The van der Waals surface area contributed by atoms with E-state index in [4.69, 9.17) is 4.74 Å². The fourth-order valence-electron chi connectivity index (χ4n) is 2.35. The first-order valence-electron chi connectivity index (χ1n) is 6.77. The van der Waals surface area contributed by atoms with E-state index in [9.17, 15) is 4.79 Å². The number of benzene rings is 1. The lowest BCUT2D eigenvalue weighted by molar-refractivity contribution is 0.0295. The van der Waals surface area contributed by atoms with E-state index < -0.39 is 0 Å². The van der Waals surface area contributed by atoms with E-state index in [0.717, 1.165) is 12.1 Å². The van der Waals surface area contributed by atoms with Crippen LogP contribution < -0.4 is 0 Å². The Morgan fingerprint density at radius 3 is 2.75 bits per heavy atom. The molecule has 0 radical (unpaired) electrons. The largest absolute Gasteiger partial charge is 0.445 e. The minimum absolute atomic E-state index is 0.229. The number of halogens is 1. The SMILES string of the molecule is CC1CN(C(=O)OCc2ccccc2)C(C)(I)CN1C. The van der Waals surface area contributed by atoms with Gasteiger partial charge in [0, 0.05) is 19.1 Å². The second-order valence-electron chi connectivity index (χ2n) is 5.56. The van der Waals surface area contributed by atoms with Crippen molar-refractivity contribution in [1.29, 1.82) is 0 Å². The van der Waals surface area contributed by atoms with Crippen molar-refractivity contribution in [3.63, 3.8) is 0 Å². The molecule has 5 heteroatoms. The molecule has 1 amide bonds. The first-order valence-corrected chi connectivity index (χ1v) is 7.85. The van der Waals surface area contributed by atoms with E-state index in [1.165, 1.54) is 0 Å². The van der Waals surface area contributed by atoms with Crippen molar-refractivity contribution >= 4 is 28.7 Å². The maximum Gasteiger partial charge on any atom is 0.411 e. The molecule has 2 atom stereocenters. The molecule has 1 saturated heterocycles. The van der Waals surface area contributed by atoms with Crippen molar-refractivity contribution in [1.82, 2.24) is 9.80 Å². The average molecular weight is 388 g/mol. The van der Waals surface area contributed by atoms with Crippen molar-refractivity contribution in [3.05, 3.63) is 35.9 Å². The van der Waals surface area contributed by atoms with Crippen molar-refractivity contribution < 1.29 is 9.53 Å². The molecule has 2 unspecified atom stereocenters. The van der Waals surface area contributed by atoms with Crippen LogP contribution in [0, 0.1) is 0 Å². The Kier molecular flexibility index (Phi) is 4.90. The van der Waals surface area contributed by atoms with E-state index in [2.05, 4.69) is 48.4 Å². The zero-order chi connectivity index (χ0) is 14.8. The van der Waals surface area contributed by atoms with Crippen LogP contribution in [0.25, 0.3) is 0 Å². The van der Waals surface area contributed by atoms with Gasteiger partial charge in [-0.05, 0) is 26.5 Å². The van der Waals surface area contributed by atoms with Gasteiger partial charge >= 0.3 is 6.09 Å². The summed E-state index contributed by atoms with van der Waals surface area (Å²) >= 11 is 2.33. The van der Waals surface area contributed by atoms with Gasteiger partial charge in [-0.2, -0.15) is 0 Å². The van der Waals surface area contributed by atoms with Gasteiger partial charge in [0.25, 0.3) is 0 Å². The third-order valence-corrected chi connectivity index (χ3v) is 4.65. The summed E-state index contributed by atoms with van der Waals surface area (Å²) in [6.45, 7) is 6.06. The predicted molar refractivity (Wildman–Crippen MR) is 87.9 cm³/mol. The van der Waals surface area contributed by atoms with Crippen molar-refractivity contribution in [3.8, 4) is 0 Å². The number of carbonyl (C=O) groups is 1. The maximum atomic E-state index is 12.3. The standard InChI is InChI=1S/C15H21IN2O2/c1-12-9-18(15(2,16)11-17(12)3)14(19)20-10-13-7-5-4-6-8-13/h4-8,12H,9-11H2,1-3H3. The summed E-state index contributed by atoms with van der Waals surface area (Å²) in [6, 6.07) is 10.1. The Hall–Kier alpha value is -0.820. The summed E-state index contributed by atoms with van der Waals surface area (Å²) < 4.78 is 5.22.